The molecule has 0 spiro atoms. The molecule has 0 fully saturated rings. The lowest BCUT2D eigenvalue weighted by Crippen LogP contribution is -2.18. The first-order chi connectivity index (χ1) is 10.2. The third-order valence-electron chi connectivity index (χ3n) is 3.62. The third kappa shape index (κ3) is 2.64. The van der Waals surface area contributed by atoms with E-state index < -0.39 is 0 Å². The van der Waals surface area contributed by atoms with Crippen LogP contribution in [-0.2, 0) is 0 Å². The molecule has 2 nitrogen and oxygen atoms in total. The molecule has 0 bridgehead atoms. The molecular weight excluding hydrogens is 302 g/mol. The van der Waals surface area contributed by atoms with Crippen LogP contribution in [0.5, 0.6) is 5.75 Å². The quantitative estimate of drug-likeness (QED) is 0.741. The van der Waals surface area contributed by atoms with Crippen molar-refractivity contribution in [1.29, 1.82) is 0 Å². The van der Waals surface area contributed by atoms with Gasteiger partial charge in [0.05, 0.1) is 13.2 Å². The average molecular weight is 318 g/mol. The van der Waals surface area contributed by atoms with E-state index >= 15 is 0 Å². The van der Waals surface area contributed by atoms with Gasteiger partial charge in [-0.2, -0.15) is 0 Å². The Labute approximate surface area is 133 Å². The van der Waals surface area contributed by atoms with Gasteiger partial charge in [-0.15, -0.1) is 11.3 Å². The van der Waals surface area contributed by atoms with Gasteiger partial charge in [-0.05, 0) is 41.6 Å². The summed E-state index contributed by atoms with van der Waals surface area (Å²) in [4.78, 5) is 0. The van der Waals surface area contributed by atoms with Gasteiger partial charge in [0, 0.05) is 15.3 Å². The molecule has 2 aromatic carbocycles. The number of benzene rings is 2. The number of rotatable bonds is 4. The van der Waals surface area contributed by atoms with Crippen molar-refractivity contribution in [2.75, 3.05) is 14.2 Å². The fourth-order valence-corrected chi connectivity index (χ4v) is 3.77. The Bertz CT molecular complexity index is 768. The number of ether oxygens (including phenoxy) is 1. The summed E-state index contributed by atoms with van der Waals surface area (Å²) in [5, 5.41) is 7.56. The molecule has 0 aliphatic heterocycles. The minimum Gasteiger partial charge on any atom is -0.496 e. The van der Waals surface area contributed by atoms with Crippen LogP contribution in [0, 0.1) is 0 Å². The number of hydrogen-bond acceptors (Lipinski definition) is 3. The van der Waals surface area contributed by atoms with Crippen molar-refractivity contribution in [2.24, 2.45) is 0 Å². The minimum absolute atomic E-state index is 0.0772. The Hall–Kier alpha value is -1.55. The highest BCUT2D eigenvalue weighted by Gasteiger charge is 2.19. The van der Waals surface area contributed by atoms with E-state index in [1.165, 1.54) is 15.6 Å². The van der Waals surface area contributed by atoms with E-state index in [0.717, 1.165) is 11.3 Å². The minimum atomic E-state index is 0.0772. The molecule has 1 N–H and O–H groups in total. The van der Waals surface area contributed by atoms with Crippen LogP contribution >= 0.6 is 22.9 Å². The maximum Gasteiger partial charge on any atom is 0.125 e. The molecule has 1 aromatic heterocycles. The molecule has 0 saturated carbocycles. The van der Waals surface area contributed by atoms with Crippen molar-refractivity contribution >= 4 is 33.0 Å². The molecule has 0 aliphatic carbocycles. The van der Waals surface area contributed by atoms with E-state index in [4.69, 9.17) is 16.3 Å². The van der Waals surface area contributed by atoms with Crippen LogP contribution in [0.15, 0.2) is 47.8 Å². The second kappa shape index (κ2) is 6.06. The van der Waals surface area contributed by atoms with Crippen LogP contribution in [0.4, 0.5) is 0 Å². The highest BCUT2D eigenvalue weighted by molar-refractivity contribution is 7.17. The van der Waals surface area contributed by atoms with E-state index in [1.54, 1.807) is 18.4 Å². The van der Waals surface area contributed by atoms with Crippen molar-refractivity contribution in [3.8, 4) is 5.75 Å². The van der Waals surface area contributed by atoms with Crippen LogP contribution in [0.25, 0.3) is 10.1 Å². The van der Waals surface area contributed by atoms with Gasteiger partial charge < -0.3 is 10.1 Å². The van der Waals surface area contributed by atoms with Gasteiger partial charge in [-0.25, -0.2) is 0 Å². The molecule has 0 aliphatic rings. The van der Waals surface area contributed by atoms with Gasteiger partial charge >= 0.3 is 0 Å². The molecule has 3 aromatic rings. The van der Waals surface area contributed by atoms with Crippen molar-refractivity contribution in [1.82, 2.24) is 5.32 Å². The Kier molecular flexibility index (Phi) is 4.15. The largest absolute Gasteiger partial charge is 0.496 e. The number of thiophene rings is 1. The van der Waals surface area contributed by atoms with Crippen LogP contribution in [0.3, 0.4) is 0 Å². The van der Waals surface area contributed by atoms with Gasteiger partial charge in [0.2, 0.25) is 0 Å². The van der Waals surface area contributed by atoms with E-state index in [-0.39, 0.29) is 6.04 Å². The third-order valence-corrected chi connectivity index (χ3v) is 4.83. The monoisotopic (exact) mass is 317 g/mol. The molecule has 1 unspecified atom stereocenters. The smallest absolute Gasteiger partial charge is 0.125 e. The first-order valence-electron chi connectivity index (χ1n) is 6.71. The lowest BCUT2D eigenvalue weighted by atomic mass is 9.97. The summed E-state index contributed by atoms with van der Waals surface area (Å²) in [5.41, 5.74) is 2.35. The summed E-state index contributed by atoms with van der Waals surface area (Å²) >= 11 is 7.83. The number of methoxy groups -OCH3 is 1. The Balaban J connectivity index is 2.14. The lowest BCUT2D eigenvalue weighted by Gasteiger charge is -2.19. The van der Waals surface area contributed by atoms with Gasteiger partial charge in [0.25, 0.3) is 0 Å². The van der Waals surface area contributed by atoms with Crippen LogP contribution in [0.2, 0.25) is 5.02 Å². The SMILES string of the molecule is CNC(c1ccc(Cl)cc1OC)c1csc2ccccc12. The summed E-state index contributed by atoms with van der Waals surface area (Å²) in [5.74, 6) is 0.803. The normalized spacial score (nSPS) is 12.5. The van der Waals surface area contributed by atoms with Gasteiger partial charge in [-0.3, -0.25) is 0 Å². The average Bonchev–Trinajstić information content (AvgIpc) is 2.93. The second-order valence-corrected chi connectivity index (χ2v) is 6.14. The van der Waals surface area contributed by atoms with Crippen LogP contribution in [0.1, 0.15) is 17.2 Å². The molecule has 0 radical (unpaired) electrons. The number of hydrogen-bond donors (Lipinski definition) is 1. The van der Waals surface area contributed by atoms with E-state index in [2.05, 4.69) is 35.0 Å². The van der Waals surface area contributed by atoms with Crippen molar-refractivity contribution in [3.05, 3.63) is 64.0 Å². The highest BCUT2D eigenvalue weighted by atomic mass is 35.5. The van der Waals surface area contributed by atoms with Gasteiger partial charge in [0.15, 0.2) is 0 Å². The highest BCUT2D eigenvalue weighted by Crippen LogP contribution is 2.37. The summed E-state index contributed by atoms with van der Waals surface area (Å²) in [7, 11) is 3.64. The standard InChI is InChI=1S/C17H16ClNOS/c1-19-17(13-8-7-11(18)9-15(13)20-2)14-10-21-16-6-4-3-5-12(14)16/h3-10,17,19H,1-2H3. The predicted octanol–water partition coefficient (Wildman–Crippen LogP) is 4.87. The molecule has 4 heteroatoms. The molecule has 3 rings (SSSR count). The summed E-state index contributed by atoms with van der Waals surface area (Å²) in [6.45, 7) is 0. The van der Waals surface area contributed by atoms with E-state index in [1.807, 2.05) is 25.2 Å². The fourth-order valence-electron chi connectivity index (χ4n) is 2.62. The van der Waals surface area contributed by atoms with Crippen LogP contribution in [-0.4, -0.2) is 14.2 Å². The zero-order valence-electron chi connectivity index (χ0n) is 11.9. The zero-order chi connectivity index (χ0) is 14.8. The summed E-state index contributed by atoms with van der Waals surface area (Å²) in [6.07, 6.45) is 0. The second-order valence-electron chi connectivity index (χ2n) is 4.80. The maximum atomic E-state index is 6.07. The Morgan fingerprint density at radius 3 is 2.71 bits per heavy atom. The number of halogens is 1. The molecule has 21 heavy (non-hydrogen) atoms. The van der Waals surface area contributed by atoms with E-state index in [0.29, 0.717) is 5.02 Å². The van der Waals surface area contributed by atoms with E-state index in [9.17, 15) is 0 Å². The molecular formula is C17H16ClNOS. The lowest BCUT2D eigenvalue weighted by molar-refractivity contribution is 0.405. The van der Waals surface area contributed by atoms with Gasteiger partial charge in [0.1, 0.15) is 5.75 Å². The number of fused-ring (bicyclic) bond motifs is 1. The maximum absolute atomic E-state index is 6.07. The van der Waals surface area contributed by atoms with Crippen molar-refractivity contribution < 1.29 is 4.74 Å². The Morgan fingerprint density at radius 2 is 1.95 bits per heavy atom. The zero-order valence-corrected chi connectivity index (χ0v) is 13.5. The van der Waals surface area contributed by atoms with Crippen LogP contribution < -0.4 is 10.1 Å². The first-order valence-corrected chi connectivity index (χ1v) is 7.97. The molecule has 1 heterocycles. The first kappa shape index (κ1) is 14.4. The fraction of sp³-hybridized carbons (Fsp3) is 0.176. The molecule has 0 amide bonds. The predicted molar refractivity (Wildman–Crippen MR) is 90.7 cm³/mol. The summed E-state index contributed by atoms with van der Waals surface area (Å²) < 4.78 is 6.79. The topological polar surface area (TPSA) is 21.3 Å². The molecule has 108 valence electrons. The number of nitrogens with one attached hydrogen (secondary N) is 1. The Morgan fingerprint density at radius 1 is 1.14 bits per heavy atom. The molecule has 0 saturated heterocycles. The van der Waals surface area contributed by atoms with Gasteiger partial charge in [-0.1, -0.05) is 35.9 Å². The van der Waals surface area contributed by atoms with Crippen molar-refractivity contribution in [2.45, 2.75) is 6.04 Å². The summed E-state index contributed by atoms with van der Waals surface area (Å²) in [6, 6.07) is 14.3. The molecule has 1 atom stereocenters. The van der Waals surface area contributed by atoms with Crippen molar-refractivity contribution in [3.63, 3.8) is 0 Å².